The Morgan fingerprint density at radius 1 is 1.33 bits per heavy atom. The first-order chi connectivity index (χ1) is 9.71. The number of nitrogens with zero attached hydrogens (tertiary/aromatic N) is 4. The number of hydrogen-bond donors (Lipinski definition) is 3. The Kier molecular flexibility index (Phi) is 5.49. The van der Waals surface area contributed by atoms with Gasteiger partial charge in [0.2, 0.25) is 5.91 Å². The minimum absolute atomic E-state index is 0.0744. The van der Waals surface area contributed by atoms with Crippen LogP contribution in [0.25, 0.3) is 0 Å². The van der Waals surface area contributed by atoms with Gasteiger partial charge in [-0.1, -0.05) is 6.58 Å². The first kappa shape index (κ1) is 16.7. The van der Waals surface area contributed by atoms with Gasteiger partial charge in [-0.3, -0.25) is 14.1 Å². The molecule has 11 nitrogen and oxygen atoms in total. The van der Waals surface area contributed by atoms with Gasteiger partial charge in [0.05, 0.1) is 0 Å². The number of carbonyl (C=O) groups is 2. The van der Waals surface area contributed by atoms with Crippen molar-refractivity contribution in [2.24, 2.45) is 0 Å². The topological polar surface area (TPSA) is 156 Å². The Labute approximate surface area is 120 Å². The van der Waals surface area contributed by atoms with E-state index in [2.05, 4.69) is 32.6 Å². The second kappa shape index (κ2) is 6.90. The molecule has 12 heteroatoms. The molecule has 0 aliphatic heterocycles. The Morgan fingerprint density at radius 3 is 2.48 bits per heavy atom. The zero-order valence-electron chi connectivity index (χ0n) is 11.1. The first-order valence-corrected chi connectivity index (χ1v) is 7.11. The number of nitrogens with one attached hydrogen (secondary N) is 2. The molecule has 21 heavy (non-hydrogen) atoms. The number of hydrogen-bond acceptors (Lipinski definition) is 7. The van der Waals surface area contributed by atoms with Crippen LogP contribution in [0.2, 0.25) is 0 Å². The maximum absolute atomic E-state index is 11.5. The van der Waals surface area contributed by atoms with Crippen molar-refractivity contribution in [1.29, 1.82) is 0 Å². The first-order valence-electron chi connectivity index (χ1n) is 5.71. The van der Waals surface area contributed by atoms with Crippen LogP contribution in [0.5, 0.6) is 0 Å². The van der Waals surface area contributed by atoms with E-state index in [-0.39, 0.29) is 16.7 Å². The van der Waals surface area contributed by atoms with Gasteiger partial charge in [0.25, 0.3) is 11.7 Å². The highest BCUT2D eigenvalue weighted by molar-refractivity contribution is 7.84. The van der Waals surface area contributed by atoms with Crippen LogP contribution in [0.4, 0.5) is 0 Å². The monoisotopic (exact) mass is 318 g/mol. The lowest BCUT2D eigenvalue weighted by atomic mass is 10.3. The Balaban J connectivity index is 2.36. The maximum atomic E-state index is 11.5. The van der Waals surface area contributed by atoms with Crippen molar-refractivity contribution in [3.63, 3.8) is 0 Å². The number of aromatic nitrogens is 4. The molecule has 3 N–H and O–H groups in total. The minimum atomic E-state index is -4.67. The third kappa shape index (κ3) is 5.27. The molecular weight excluding hydrogens is 304 g/mol. The number of tetrazole rings is 1. The lowest BCUT2D eigenvalue weighted by Gasteiger charge is -2.04. The summed E-state index contributed by atoms with van der Waals surface area (Å²) in [5.41, 5.74) is 0.380. The summed E-state index contributed by atoms with van der Waals surface area (Å²) in [6.07, 6.45) is 0.442. The predicted octanol–water partition coefficient (Wildman–Crippen LogP) is -1.86. The van der Waals surface area contributed by atoms with E-state index >= 15 is 0 Å². The van der Waals surface area contributed by atoms with Gasteiger partial charge < -0.3 is 10.6 Å². The van der Waals surface area contributed by atoms with E-state index < -0.39 is 22.0 Å². The van der Waals surface area contributed by atoms with Crippen LogP contribution in [0.15, 0.2) is 12.2 Å². The summed E-state index contributed by atoms with van der Waals surface area (Å²) < 4.78 is 29.9. The fourth-order valence-electron chi connectivity index (χ4n) is 1.11. The standard InChI is InChI=1S/C9H14N6O5S/c1-6(2)8(16)10-4-3-5-11-9(17)7-12-14-15(13-7)21(18,19)20/h1,3-5H2,2H3,(H,10,16)(H,11,17)(H,18,19,20). The van der Waals surface area contributed by atoms with Gasteiger partial charge in [0, 0.05) is 18.7 Å². The van der Waals surface area contributed by atoms with Gasteiger partial charge in [0.1, 0.15) is 0 Å². The van der Waals surface area contributed by atoms with E-state index in [0.717, 1.165) is 0 Å². The van der Waals surface area contributed by atoms with Crippen molar-refractivity contribution < 1.29 is 22.6 Å². The van der Waals surface area contributed by atoms with Crippen molar-refractivity contribution in [2.75, 3.05) is 13.1 Å². The molecule has 0 spiro atoms. The molecule has 1 aromatic rings. The van der Waals surface area contributed by atoms with Gasteiger partial charge >= 0.3 is 10.3 Å². The highest BCUT2D eigenvalue weighted by Gasteiger charge is 2.17. The molecule has 0 fully saturated rings. The average molecular weight is 318 g/mol. The second-order valence-corrected chi connectivity index (χ2v) is 5.18. The summed E-state index contributed by atoms with van der Waals surface area (Å²) in [6.45, 7) is 5.57. The highest BCUT2D eigenvalue weighted by atomic mass is 32.2. The van der Waals surface area contributed by atoms with E-state index in [1.54, 1.807) is 6.92 Å². The molecular formula is C9H14N6O5S. The molecule has 0 aromatic carbocycles. The molecule has 1 rings (SSSR count). The number of amides is 2. The lowest BCUT2D eigenvalue weighted by molar-refractivity contribution is -0.117. The highest BCUT2D eigenvalue weighted by Crippen LogP contribution is 1.90. The largest absolute Gasteiger partial charge is 0.396 e. The molecule has 0 unspecified atom stereocenters. The smallest absolute Gasteiger partial charge is 0.352 e. The van der Waals surface area contributed by atoms with Crippen LogP contribution in [-0.2, 0) is 15.1 Å². The van der Waals surface area contributed by atoms with E-state index in [1.165, 1.54) is 0 Å². The summed E-state index contributed by atoms with van der Waals surface area (Å²) in [4.78, 5) is 22.7. The number of carbonyl (C=O) groups excluding carboxylic acids is 2. The van der Waals surface area contributed by atoms with Crippen LogP contribution in [0.1, 0.15) is 24.0 Å². The summed E-state index contributed by atoms with van der Waals surface area (Å²) >= 11 is 0. The average Bonchev–Trinajstić information content (AvgIpc) is 2.87. The van der Waals surface area contributed by atoms with Crippen molar-refractivity contribution in [1.82, 2.24) is 30.2 Å². The third-order valence-electron chi connectivity index (χ3n) is 2.12. The molecule has 0 aliphatic carbocycles. The van der Waals surface area contributed by atoms with E-state index in [0.29, 0.717) is 18.5 Å². The van der Waals surface area contributed by atoms with Gasteiger partial charge in [-0.05, 0) is 22.8 Å². The summed E-state index contributed by atoms with van der Waals surface area (Å²) in [5, 5.41) is 14.4. The van der Waals surface area contributed by atoms with Gasteiger partial charge in [0.15, 0.2) is 0 Å². The van der Waals surface area contributed by atoms with Crippen molar-refractivity contribution >= 4 is 22.1 Å². The molecule has 116 valence electrons. The van der Waals surface area contributed by atoms with Crippen molar-refractivity contribution in [2.45, 2.75) is 13.3 Å². The van der Waals surface area contributed by atoms with E-state index in [9.17, 15) is 18.0 Å². The molecule has 0 bridgehead atoms. The molecule has 0 aliphatic rings. The lowest BCUT2D eigenvalue weighted by Crippen LogP contribution is -2.30. The normalized spacial score (nSPS) is 11.0. The maximum Gasteiger partial charge on any atom is 0.396 e. The Hall–Kier alpha value is -2.34. The number of rotatable bonds is 7. The molecule has 0 saturated carbocycles. The van der Waals surface area contributed by atoms with Crippen molar-refractivity contribution in [3.8, 4) is 0 Å². The third-order valence-corrected chi connectivity index (χ3v) is 2.69. The SMILES string of the molecule is C=C(C)C(=O)NCCCNC(=O)c1nnn(S(=O)(=O)O)n1. The Morgan fingerprint density at radius 2 is 1.95 bits per heavy atom. The molecule has 1 aromatic heterocycles. The zero-order valence-corrected chi connectivity index (χ0v) is 11.9. The molecule has 0 radical (unpaired) electrons. The van der Waals surface area contributed by atoms with Gasteiger partial charge in [-0.25, -0.2) is 0 Å². The molecule has 1 heterocycles. The van der Waals surface area contributed by atoms with Crippen LogP contribution >= 0.6 is 0 Å². The predicted molar refractivity (Wildman–Crippen MR) is 69.5 cm³/mol. The Bertz CT molecular complexity index is 651. The minimum Gasteiger partial charge on any atom is -0.352 e. The quantitative estimate of drug-likeness (QED) is 0.300. The van der Waals surface area contributed by atoms with Crippen LogP contribution < -0.4 is 10.6 Å². The van der Waals surface area contributed by atoms with Crippen LogP contribution in [0, 0.1) is 0 Å². The summed E-state index contributed by atoms with van der Waals surface area (Å²) in [5.74, 6) is -1.53. The van der Waals surface area contributed by atoms with E-state index in [4.69, 9.17) is 4.55 Å². The second-order valence-electron chi connectivity index (χ2n) is 3.96. The van der Waals surface area contributed by atoms with Crippen molar-refractivity contribution in [3.05, 3.63) is 18.0 Å². The van der Waals surface area contributed by atoms with Gasteiger partial charge in [-0.15, -0.1) is 10.2 Å². The molecule has 0 saturated heterocycles. The summed E-state index contributed by atoms with van der Waals surface area (Å²) in [7, 11) is -4.67. The summed E-state index contributed by atoms with van der Waals surface area (Å²) in [6, 6.07) is 0. The van der Waals surface area contributed by atoms with E-state index in [1.807, 2.05) is 0 Å². The van der Waals surface area contributed by atoms with Crippen LogP contribution in [-0.4, -0.2) is 57.5 Å². The molecule has 0 atom stereocenters. The molecule has 2 amide bonds. The zero-order chi connectivity index (χ0) is 16.0. The van der Waals surface area contributed by atoms with Crippen LogP contribution in [0.3, 0.4) is 0 Å². The fourth-order valence-corrected chi connectivity index (χ4v) is 1.42. The van der Waals surface area contributed by atoms with Gasteiger partial charge in [-0.2, -0.15) is 8.42 Å². The fraction of sp³-hybridized carbons (Fsp3) is 0.444.